The third-order valence-corrected chi connectivity index (χ3v) is 3.49. The average molecular weight is 251 g/mol. The number of carbonyl (C=O) groups is 1. The van der Waals surface area contributed by atoms with Gasteiger partial charge >= 0.3 is 0 Å². The monoisotopic (exact) mass is 251 g/mol. The Morgan fingerprint density at radius 2 is 2.00 bits per heavy atom. The molecule has 0 radical (unpaired) electrons. The summed E-state index contributed by atoms with van der Waals surface area (Å²) in [6.45, 7) is -0.0119. The van der Waals surface area contributed by atoms with Gasteiger partial charge in [0.25, 0.3) is 0 Å². The van der Waals surface area contributed by atoms with Crippen LogP contribution in [0.15, 0.2) is 0 Å². The number of thiocarbonyl (C=S) groups is 1. The summed E-state index contributed by atoms with van der Waals surface area (Å²) >= 11 is 4.77. The van der Waals surface area contributed by atoms with Crippen LogP contribution in [0.2, 0.25) is 0 Å². The molecule has 86 valence electrons. The standard InChI is InChI=1S/C7H13N3O3S2/c8-5(14)7(1-2-7)6(11)10-3-4-15(9,12)13/h1-4H2,(H2,8,14)(H,10,11)(H2,9,12,13). The van der Waals surface area contributed by atoms with Crippen LogP contribution >= 0.6 is 12.2 Å². The van der Waals surface area contributed by atoms with Crippen LogP contribution < -0.4 is 16.2 Å². The maximum atomic E-state index is 11.5. The molecule has 0 aromatic heterocycles. The number of primary sulfonamides is 1. The molecule has 0 spiro atoms. The third-order valence-electron chi connectivity index (χ3n) is 2.33. The van der Waals surface area contributed by atoms with Crippen molar-refractivity contribution in [1.29, 1.82) is 0 Å². The van der Waals surface area contributed by atoms with Crippen LogP contribution in [-0.2, 0) is 14.8 Å². The molecule has 0 aromatic carbocycles. The van der Waals surface area contributed by atoms with Crippen molar-refractivity contribution in [3.8, 4) is 0 Å². The molecule has 1 rings (SSSR count). The van der Waals surface area contributed by atoms with Gasteiger partial charge in [0.15, 0.2) is 0 Å². The second kappa shape index (κ2) is 4.03. The van der Waals surface area contributed by atoms with Crippen LogP contribution in [0.4, 0.5) is 0 Å². The Kier molecular flexibility index (Phi) is 3.31. The average Bonchev–Trinajstić information content (AvgIpc) is 2.80. The van der Waals surface area contributed by atoms with Crippen LogP contribution in [0, 0.1) is 5.41 Å². The minimum absolute atomic E-state index is 0.0119. The molecule has 15 heavy (non-hydrogen) atoms. The number of amides is 1. The summed E-state index contributed by atoms with van der Waals surface area (Å²) in [5.74, 6) is -0.592. The highest BCUT2D eigenvalue weighted by molar-refractivity contribution is 7.89. The van der Waals surface area contributed by atoms with Crippen molar-refractivity contribution in [3.05, 3.63) is 0 Å². The van der Waals surface area contributed by atoms with E-state index < -0.39 is 15.4 Å². The maximum Gasteiger partial charge on any atom is 0.233 e. The van der Waals surface area contributed by atoms with E-state index in [2.05, 4.69) is 5.32 Å². The predicted molar refractivity (Wildman–Crippen MR) is 59.4 cm³/mol. The zero-order valence-corrected chi connectivity index (χ0v) is 9.66. The number of hydrogen-bond acceptors (Lipinski definition) is 4. The summed E-state index contributed by atoms with van der Waals surface area (Å²) in [6.07, 6.45) is 1.26. The summed E-state index contributed by atoms with van der Waals surface area (Å²) in [5, 5.41) is 7.23. The predicted octanol–water partition coefficient (Wildman–Crippen LogP) is -1.54. The largest absolute Gasteiger partial charge is 0.392 e. The third kappa shape index (κ3) is 3.11. The Balaban J connectivity index is 2.41. The van der Waals surface area contributed by atoms with E-state index in [0.717, 1.165) is 0 Å². The van der Waals surface area contributed by atoms with Gasteiger partial charge in [0, 0.05) is 6.54 Å². The maximum absolute atomic E-state index is 11.5. The molecule has 0 aromatic rings. The van der Waals surface area contributed by atoms with Crippen molar-refractivity contribution in [3.63, 3.8) is 0 Å². The molecule has 0 unspecified atom stereocenters. The van der Waals surface area contributed by atoms with E-state index in [9.17, 15) is 13.2 Å². The van der Waals surface area contributed by atoms with Crippen molar-refractivity contribution < 1.29 is 13.2 Å². The molecule has 0 bridgehead atoms. The smallest absolute Gasteiger partial charge is 0.233 e. The normalized spacial score (nSPS) is 18.2. The molecule has 1 saturated carbocycles. The molecule has 0 saturated heterocycles. The van der Waals surface area contributed by atoms with Crippen molar-refractivity contribution >= 4 is 33.1 Å². The molecule has 0 atom stereocenters. The fourth-order valence-electron chi connectivity index (χ4n) is 1.19. The molecule has 1 aliphatic carbocycles. The van der Waals surface area contributed by atoms with Crippen molar-refractivity contribution in [2.45, 2.75) is 12.8 Å². The van der Waals surface area contributed by atoms with Gasteiger partial charge in [-0.1, -0.05) is 12.2 Å². The summed E-state index contributed by atoms with van der Waals surface area (Å²) in [7, 11) is -3.54. The first kappa shape index (κ1) is 12.3. The van der Waals surface area contributed by atoms with Crippen LogP contribution in [0.3, 0.4) is 0 Å². The Labute approximate surface area is 93.4 Å². The number of sulfonamides is 1. The highest BCUT2D eigenvalue weighted by Gasteiger charge is 2.52. The highest BCUT2D eigenvalue weighted by atomic mass is 32.2. The summed E-state index contributed by atoms with van der Waals surface area (Å²) in [4.78, 5) is 11.7. The molecular weight excluding hydrogens is 238 g/mol. The Hall–Kier alpha value is -0.730. The SMILES string of the molecule is NC(=S)C1(C(=O)NCCS(N)(=O)=O)CC1. The first-order chi connectivity index (χ1) is 6.78. The molecule has 8 heteroatoms. The van der Waals surface area contributed by atoms with Gasteiger partial charge in [-0.15, -0.1) is 0 Å². The Morgan fingerprint density at radius 1 is 1.47 bits per heavy atom. The molecule has 5 N–H and O–H groups in total. The van der Waals surface area contributed by atoms with Crippen LogP contribution in [-0.4, -0.2) is 31.6 Å². The topological polar surface area (TPSA) is 115 Å². The van der Waals surface area contributed by atoms with Gasteiger partial charge in [-0.3, -0.25) is 4.79 Å². The molecular formula is C7H13N3O3S2. The second-order valence-electron chi connectivity index (χ2n) is 3.57. The highest BCUT2D eigenvalue weighted by Crippen LogP contribution is 2.46. The van der Waals surface area contributed by atoms with Crippen LogP contribution in [0.25, 0.3) is 0 Å². The summed E-state index contributed by atoms with van der Waals surface area (Å²) in [5.41, 5.74) is 4.68. The van der Waals surface area contributed by atoms with E-state index in [1.807, 2.05) is 0 Å². The van der Waals surface area contributed by atoms with E-state index in [1.54, 1.807) is 0 Å². The number of nitrogens with one attached hydrogen (secondary N) is 1. The van der Waals surface area contributed by atoms with Crippen molar-refractivity contribution in [1.82, 2.24) is 5.32 Å². The van der Waals surface area contributed by atoms with Gasteiger partial charge in [0.05, 0.1) is 16.2 Å². The minimum atomic E-state index is -3.54. The second-order valence-corrected chi connectivity index (χ2v) is 5.74. The number of rotatable bonds is 5. The fraction of sp³-hybridized carbons (Fsp3) is 0.714. The van der Waals surface area contributed by atoms with Gasteiger partial charge in [0.2, 0.25) is 15.9 Å². The van der Waals surface area contributed by atoms with E-state index >= 15 is 0 Å². The zero-order valence-electron chi connectivity index (χ0n) is 8.02. The van der Waals surface area contributed by atoms with E-state index in [-0.39, 0.29) is 23.2 Å². The summed E-state index contributed by atoms with van der Waals surface area (Å²) < 4.78 is 21.2. The Bertz CT molecular complexity index is 386. The van der Waals surface area contributed by atoms with Gasteiger partial charge in [-0.25, -0.2) is 13.6 Å². The lowest BCUT2D eigenvalue weighted by Crippen LogP contribution is -2.41. The molecule has 0 heterocycles. The Morgan fingerprint density at radius 3 is 2.33 bits per heavy atom. The molecule has 6 nitrogen and oxygen atoms in total. The van der Waals surface area contributed by atoms with Crippen molar-refractivity contribution in [2.75, 3.05) is 12.3 Å². The van der Waals surface area contributed by atoms with Gasteiger partial charge in [0.1, 0.15) is 0 Å². The van der Waals surface area contributed by atoms with E-state index in [4.69, 9.17) is 23.1 Å². The number of hydrogen-bond donors (Lipinski definition) is 3. The first-order valence-corrected chi connectivity index (χ1v) is 6.49. The minimum Gasteiger partial charge on any atom is -0.392 e. The fourth-order valence-corrected chi connectivity index (χ4v) is 1.87. The first-order valence-electron chi connectivity index (χ1n) is 4.37. The zero-order chi connectivity index (χ0) is 11.7. The lowest BCUT2D eigenvalue weighted by Gasteiger charge is -2.12. The van der Waals surface area contributed by atoms with Gasteiger partial charge < -0.3 is 11.1 Å². The molecule has 1 fully saturated rings. The molecule has 1 amide bonds. The number of carbonyl (C=O) groups excluding carboxylic acids is 1. The molecule has 0 aliphatic heterocycles. The van der Waals surface area contributed by atoms with Crippen LogP contribution in [0.5, 0.6) is 0 Å². The van der Waals surface area contributed by atoms with Gasteiger partial charge in [-0.2, -0.15) is 0 Å². The van der Waals surface area contributed by atoms with E-state index in [0.29, 0.717) is 12.8 Å². The lowest BCUT2D eigenvalue weighted by atomic mass is 10.1. The summed E-state index contributed by atoms with van der Waals surface area (Å²) in [6, 6.07) is 0. The van der Waals surface area contributed by atoms with E-state index in [1.165, 1.54) is 0 Å². The van der Waals surface area contributed by atoms with Crippen LogP contribution in [0.1, 0.15) is 12.8 Å². The lowest BCUT2D eigenvalue weighted by molar-refractivity contribution is -0.123. The molecule has 1 aliphatic rings. The van der Waals surface area contributed by atoms with Crippen molar-refractivity contribution in [2.24, 2.45) is 16.3 Å². The van der Waals surface area contributed by atoms with Gasteiger partial charge in [-0.05, 0) is 12.8 Å². The number of nitrogens with two attached hydrogens (primary N) is 2. The quantitative estimate of drug-likeness (QED) is 0.512.